The van der Waals surface area contributed by atoms with Crippen LogP contribution in [0.2, 0.25) is 0 Å². The Morgan fingerprint density at radius 1 is 1.11 bits per heavy atom. The van der Waals surface area contributed by atoms with Crippen LogP contribution in [0.15, 0.2) is 54.7 Å². The molecule has 2 aliphatic rings. The normalized spacial score (nSPS) is 16.8. The van der Waals surface area contributed by atoms with E-state index in [1.54, 1.807) is 19.1 Å². The van der Waals surface area contributed by atoms with Crippen molar-refractivity contribution in [2.24, 2.45) is 0 Å². The number of nitrogens with zero attached hydrogens (tertiary/aromatic N) is 5. The van der Waals surface area contributed by atoms with Crippen LogP contribution in [0.25, 0.3) is 0 Å². The van der Waals surface area contributed by atoms with E-state index in [1.807, 2.05) is 18.0 Å². The number of piperidine rings is 1. The van der Waals surface area contributed by atoms with Crippen LogP contribution in [-0.2, 0) is 16.9 Å². The van der Waals surface area contributed by atoms with E-state index in [9.17, 15) is 13.6 Å². The molecule has 1 aromatic carbocycles. The summed E-state index contributed by atoms with van der Waals surface area (Å²) >= 11 is 0. The van der Waals surface area contributed by atoms with Gasteiger partial charge in [0.05, 0.1) is 5.54 Å². The molecule has 1 aliphatic heterocycles. The number of carbonyl (C=O) groups is 1. The standard InChI is InChI=1S/C28H32F2N6O2/c1-19(37)35(2)22-11-15-36(16-12-22)23-6-4-21(5-7-23)28(13-14-28)32-25-9-10-26(34-33-25)38-18-20-3-8-24(27(29)30)31-17-20/h3-10,17,22,27H,11-16,18H2,1-2H3,(H,32,33). The number of hydrogen-bond acceptors (Lipinski definition) is 7. The second-order valence-electron chi connectivity index (χ2n) is 10.0. The quantitative estimate of drug-likeness (QED) is 0.426. The lowest BCUT2D eigenvalue weighted by molar-refractivity contribution is -0.129. The fraction of sp³-hybridized carbons (Fsp3) is 0.429. The van der Waals surface area contributed by atoms with Crippen LogP contribution >= 0.6 is 0 Å². The summed E-state index contributed by atoms with van der Waals surface area (Å²) in [5.41, 5.74) is 2.69. The summed E-state index contributed by atoms with van der Waals surface area (Å²) in [6.07, 6.45) is 2.76. The first-order chi connectivity index (χ1) is 18.3. The molecule has 2 aromatic heterocycles. The second-order valence-corrected chi connectivity index (χ2v) is 10.0. The lowest BCUT2D eigenvalue weighted by Crippen LogP contribution is -2.45. The van der Waals surface area contributed by atoms with Gasteiger partial charge in [-0.25, -0.2) is 8.78 Å². The van der Waals surface area contributed by atoms with E-state index in [-0.39, 0.29) is 23.7 Å². The van der Waals surface area contributed by atoms with E-state index < -0.39 is 6.43 Å². The van der Waals surface area contributed by atoms with Crippen molar-refractivity contribution in [3.63, 3.8) is 0 Å². The SMILES string of the molecule is CC(=O)N(C)C1CCN(c2ccc(C3(Nc4ccc(OCc5ccc(C(F)F)nc5)nn4)CC3)cc2)CC1. The average molecular weight is 523 g/mol. The Hall–Kier alpha value is -3.82. The van der Waals surface area contributed by atoms with Gasteiger partial charge in [0.25, 0.3) is 6.43 Å². The molecule has 8 nitrogen and oxygen atoms in total. The molecule has 3 heterocycles. The van der Waals surface area contributed by atoms with Crippen molar-refractivity contribution in [2.75, 3.05) is 30.4 Å². The highest BCUT2D eigenvalue weighted by Gasteiger charge is 2.44. The molecule has 0 atom stereocenters. The van der Waals surface area contributed by atoms with Crippen molar-refractivity contribution in [2.45, 2.75) is 57.2 Å². The molecule has 0 unspecified atom stereocenters. The molecule has 1 N–H and O–H groups in total. The summed E-state index contributed by atoms with van der Waals surface area (Å²) in [7, 11) is 1.89. The number of anilines is 2. The van der Waals surface area contributed by atoms with Gasteiger partial charge in [0.2, 0.25) is 11.8 Å². The van der Waals surface area contributed by atoms with Crippen LogP contribution in [-0.4, -0.2) is 52.2 Å². The van der Waals surface area contributed by atoms with E-state index in [4.69, 9.17) is 4.74 Å². The first kappa shape index (κ1) is 25.8. The van der Waals surface area contributed by atoms with E-state index in [1.165, 1.54) is 23.5 Å². The monoisotopic (exact) mass is 522 g/mol. The van der Waals surface area contributed by atoms with E-state index in [0.717, 1.165) is 38.8 Å². The summed E-state index contributed by atoms with van der Waals surface area (Å²) in [5.74, 6) is 1.14. The van der Waals surface area contributed by atoms with E-state index >= 15 is 0 Å². The zero-order chi connectivity index (χ0) is 26.7. The topological polar surface area (TPSA) is 83.5 Å². The zero-order valence-electron chi connectivity index (χ0n) is 21.6. The first-order valence-electron chi connectivity index (χ1n) is 12.9. The third-order valence-corrected chi connectivity index (χ3v) is 7.51. The third-order valence-electron chi connectivity index (χ3n) is 7.51. The number of ether oxygens (including phenoxy) is 1. The molecule has 10 heteroatoms. The summed E-state index contributed by atoms with van der Waals surface area (Å²) in [6, 6.07) is 15.5. The van der Waals surface area contributed by atoms with Gasteiger partial charge in [-0.15, -0.1) is 10.2 Å². The maximum absolute atomic E-state index is 12.6. The Labute approximate surface area is 221 Å². The minimum absolute atomic E-state index is 0.124. The van der Waals surface area contributed by atoms with E-state index in [0.29, 0.717) is 23.3 Å². The number of benzene rings is 1. The van der Waals surface area contributed by atoms with Crippen LogP contribution in [0.3, 0.4) is 0 Å². The van der Waals surface area contributed by atoms with Gasteiger partial charge < -0.3 is 19.9 Å². The van der Waals surface area contributed by atoms with Crippen LogP contribution < -0.4 is 15.0 Å². The number of carbonyl (C=O) groups excluding carboxylic acids is 1. The number of halogens is 2. The molecule has 200 valence electrons. The predicted octanol–water partition coefficient (Wildman–Crippen LogP) is 4.94. The maximum Gasteiger partial charge on any atom is 0.280 e. The number of aromatic nitrogens is 3. The molecule has 0 spiro atoms. The lowest BCUT2D eigenvalue weighted by atomic mass is 10.0. The van der Waals surface area contributed by atoms with E-state index in [2.05, 4.69) is 49.7 Å². The third kappa shape index (κ3) is 5.84. The molecule has 1 amide bonds. The van der Waals surface area contributed by atoms with Gasteiger partial charge in [0, 0.05) is 56.6 Å². The summed E-state index contributed by atoms with van der Waals surface area (Å²) in [6.45, 7) is 3.67. The molecular weight excluding hydrogens is 490 g/mol. The number of alkyl halides is 2. The molecule has 0 bridgehead atoms. The number of nitrogens with one attached hydrogen (secondary N) is 1. The molecule has 1 saturated carbocycles. The van der Waals surface area contributed by atoms with Gasteiger partial charge in [0.1, 0.15) is 18.1 Å². The maximum atomic E-state index is 12.6. The highest BCUT2D eigenvalue weighted by molar-refractivity contribution is 5.73. The molecule has 38 heavy (non-hydrogen) atoms. The Bertz CT molecular complexity index is 1230. The highest BCUT2D eigenvalue weighted by atomic mass is 19.3. The molecule has 1 saturated heterocycles. The average Bonchev–Trinajstić information content (AvgIpc) is 3.73. The minimum atomic E-state index is -2.59. The Morgan fingerprint density at radius 2 is 1.84 bits per heavy atom. The van der Waals surface area contributed by atoms with Crippen molar-refractivity contribution in [1.82, 2.24) is 20.1 Å². The fourth-order valence-electron chi connectivity index (χ4n) is 4.89. The van der Waals surface area contributed by atoms with Gasteiger partial charge in [-0.1, -0.05) is 18.2 Å². The van der Waals surface area contributed by atoms with Gasteiger partial charge in [-0.3, -0.25) is 9.78 Å². The molecule has 2 fully saturated rings. The zero-order valence-corrected chi connectivity index (χ0v) is 21.6. The summed E-state index contributed by atoms with van der Waals surface area (Å²) in [5, 5.41) is 11.9. The van der Waals surface area contributed by atoms with Crippen molar-refractivity contribution < 1.29 is 18.3 Å². The van der Waals surface area contributed by atoms with Crippen LogP contribution in [0.5, 0.6) is 5.88 Å². The smallest absolute Gasteiger partial charge is 0.280 e. The number of pyridine rings is 1. The minimum Gasteiger partial charge on any atom is -0.472 e. The summed E-state index contributed by atoms with van der Waals surface area (Å²) in [4.78, 5) is 19.6. The van der Waals surface area contributed by atoms with Crippen molar-refractivity contribution in [1.29, 1.82) is 0 Å². The van der Waals surface area contributed by atoms with Gasteiger partial charge in [-0.2, -0.15) is 0 Å². The largest absolute Gasteiger partial charge is 0.472 e. The predicted molar refractivity (Wildman–Crippen MR) is 140 cm³/mol. The Balaban J connectivity index is 1.14. The molecule has 5 rings (SSSR count). The Morgan fingerprint density at radius 3 is 2.39 bits per heavy atom. The van der Waals surface area contributed by atoms with Crippen LogP contribution in [0.4, 0.5) is 20.3 Å². The van der Waals surface area contributed by atoms with Gasteiger partial charge in [-0.05, 0) is 55.5 Å². The van der Waals surface area contributed by atoms with Crippen molar-refractivity contribution >= 4 is 17.4 Å². The molecule has 3 aromatic rings. The van der Waals surface area contributed by atoms with Crippen LogP contribution in [0, 0.1) is 0 Å². The van der Waals surface area contributed by atoms with Gasteiger partial charge in [0.15, 0.2) is 0 Å². The number of rotatable bonds is 9. The molecular formula is C28H32F2N6O2. The van der Waals surface area contributed by atoms with Crippen LogP contribution in [0.1, 0.15) is 55.9 Å². The summed E-state index contributed by atoms with van der Waals surface area (Å²) < 4.78 is 30.9. The van der Waals surface area contributed by atoms with Gasteiger partial charge >= 0.3 is 0 Å². The lowest BCUT2D eigenvalue weighted by Gasteiger charge is -2.37. The van der Waals surface area contributed by atoms with Crippen molar-refractivity contribution in [3.05, 3.63) is 71.5 Å². The second kappa shape index (κ2) is 10.9. The number of hydrogen-bond donors (Lipinski definition) is 1. The molecule has 0 radical (unpaired) electrons. The highest BCUT2D eigenvalue weighted by Crippen LogP contribution is 2.48. The Kier molecular flexibility index (Phi) is 7.40. The molecule has 1 aliphatic carbocycles. The van der Waals surface area contributed by atoms with Crippen molar-refractivity contribution in [3.8, 4) is 5.88 Å². The fourth-order valence-corrected chi connectivity index (χ4v) is 4.89. The first-order valence-corrected chi connectivity index (χ1v) is 12.9. The number of amides is 1.